The van der Waals surface area contributed by atoms with Gasteiger partial charge < -0.3 is 10.2 Å². The SMILES string of the molecule is CCCCC(C(=O)O)C(O)c1ccc(Cl)c2cccnc12. The number of aromatic nitrogens is 1. The number of nitrogens with zero attached hydrogens (tertiary/aromatic N) is 1. The topological polar surface area (TPSA) is 70.4 Å². The number of fused-ring (bicyclic) bond motifs is 1. The van der Waals surface area contributed by atoms with Gasteiger partial charge in [-0.15, -0.1) is 0 Å². The van der Waals surface area contributed by atoms with Crippen molar-refractivity contribution in [1.29, 1.82) is 0 Å². The van der Waals surface area contributed by atoms with Gasteiger partial charge in [-0.3, -0.25) is 9.78 Å². The van der Waals surface area contributed by atoms with Crippen LogP contribution in [0.2, 0.25) is 5.02 Å². The van der Waals surface area contributed by atoms with Gasteiger partial charge in [-0.1, -0.05) is 37.4 Å². The molecule has 0 spiro atoms. The number of carboxylic acid groups (broad SMARTS) is 1. The molecule has 2 aromatic rings. The second-order valence-electron chi connectivity index (χ2n) is 5.07. The number of pyridine rings is 1. The molecular formula is C16H18ClNO3. The zero-order chi connectivity index (χ0) is 15.4. The van der Waals surface area contributed by atoms with Crippen LogP contribution in [0.5, 0.6) is 0 Å². The van der Waals surface area contributed by atoms with Crippen LogP contribution in [0.25, 0.3) is 10.9 Å². The van der Waals surface area contributed by atoms with E-state index in [2.05, 4.69) is 4.98 Å². The minimum Gasteiger partial charge on any atom is -0.481 e. The first-order valence-corrected chi connectivity index (χ1v) is 7.38. The summed E-state index contributed by atoms with van der Waals surface area (Å²) in [5.74, 6) is -1.83. The maximum absolute atomic E-state index is 11.4. The van der Waals surface area contributed by atoms with Crippen molar-refractivity contribution >= 4 is 28.5 Å². The first kappa shape index (κ1) is 15.7. The van der Waals surface area contributed by atoms with Gasteiger partial charge in [-0.05, 0) is 24.6 Å². The van der Waals surface area contributed by atoms with Crippen LogP contribution < -0.4 is 0 Å². The third-order valence-corrected chi connectivity index (χ3v) is 3.96. The van der Waals surface area contributed by atoms with Crippen molar-refractivity contribution in [3.63, 3.8) is 0 Å². The quantitative estimate of drug-likeness (QED) is 0.851. The van der Waals surface area contributed by atoms with Gasteiger partial charge in [0.05, 0.1) is 17.5 Å². The Kier molecular flexibility index (Phi) is 5.15. The highest BCUT2D eigenvalue weighted by Crippen LogP contribution is 2.33. The van der Waals surface area contributed by atoms with Crippen LogP contribution >= 0.6 is 11.6 Å². The summed E-state index contributed by atoms with van der Waals surface area (Å²) in [5, 5.41) is 21.1. The van der Waals surface area contributed by atoms with Crippen molar-refractivity contribution in [1.82, 2.24) is 4.98 Å². The summed E-state index contributed by atoms with van der Waals surface area (Å²) in [6.07, 6.45) is 2.59. The minimum absolute atomic E-state index is 0.434. The van der Waals surface area contributed by atoms with Gasteiger partial charge in [0.2, 0.25) is 0 Å². The predicted molar refractivity (Wildman–Crippen MR) is 82.4 cm³/mol. The Labute approximate surface area is 128 Å². The predicted octanol–water partition coefficient (Wildman–Crippen LogP) is 3.81. The molecule has 4 nitrogen and oxygen atoms in total. The van der Waals surface area contributed by atoms with E-state index in [1.807, 2.05) is 13.0 Å². The van der Waals surface area contributed by atoms with Crippen LogP contribution in [-0.4, -0.2) is 21.2 Å². The van der Waals surface area contributed by atoms with Gasteiger partial charge >= 0.3 is 5.97 Å². The van der Waals surface area contributed by atoms with Crippen LogP contribution in [0.3, 0.4) is 0 Å². The Morgan fingerprint density at radius 1 is 1.38 bits per heavy atom. The molecule has 5 heteroatoms. The molecule has 1 heterocycles. The summed E-state index contributed by atoms with van der Waals surface area (Å²) in [4.78, 5) is 15.7. The number of rotatable bonds is 6. The number of unbranched alkanes of at least 4 members (excludes halogenated alkanes) is 1. The number of aliphatic hydroxyl groups excluding tert-OH is 1. The zero-order valence-corrected chi connectivity index (χ0v) is 12.5. The number of hydrogen-bond acceptors (Lipinski definition) is 3. The van der Waals surface area contributed by atoms with Gasteiger partial charge in [-0.25, -0.2) is 0 Å². The van der Waals surface area contributed by atoms with E-state index in [1.54, 1.807) is 24.4 Å². The molecule has 2 unspecified atom stereocenters. The number of carbonyl (C=O) groups is 1. The summed E-state index contributed by atoms with van der Waals surface area (Å²) in [6, 6.07) is 6.89. The first-order chi connectivity index (χ1) is 10.1. The van der Waals surface area contributed by atoms with E-state index >= 15 is 0 Å². The molecular weight excluding hydrogens is 290 g/mol. The molecule has 0 saturated carbocycles. The Morgan fingerprint density at radius 3 is 2.81 bits per heavy atom. The largest absolute Gasteiger partial charge is 0.481 e. The highest BCUT2D eigenvalue weighted by molar-refractivity contribution is 6.35. The lowest BCUT2D eigenvalue weighted by Crippen LogP contribution is -2.22. The van der Waals surface area contributed by atoms with E-state index in [0.29, 0.717) is 22.5 Å². The molecule has 0 fully saturated rings. The van der Waals surface area contributed by atoms with Gasteiger partial charge in [0.25, 0.3) is 0 Å². The number of hydrogen-bond donors (Lipinski definition) is 2. The molecule has 2 rings (SSSR count). The number of aliphatic hydroxyl groups is 1. The molecule has 1 aromatic heterocycles. The Bertz CT molecular complexity index is 644. The van der Waals surface area contributed by atoms with Crippen molar-refractivity contribution < 1.29 is 15.0 Å². The number of halogens is 1. The molecule has 0 aliphatic carbocycles. The van der Waals surface area contributed by atoms with Crippen LogP contribution in [0.4, 0.5) is 0 Å². The molecule has 0 aliphatic rings. The number of aliphatic carboxylic acids is 1. The van der Waals surface area contributed by atoms with Crippen molar-refractivity contribution in [2.45, 2.75) is 32.3 Å². The minimum atomic E-state index is -1.09. The fourth-order valence-corrected chi connectivity index (χ4v) is 2.67. The lowest BCUT2D eigenvalue weighted by molar-refractivity contribution is -0.146. The monoisotopic (exact) mass is 307 g/mol. The molecule has 1 aromatic carbocycles. The lowest BCUT2D eigenvalue weighted by atomic mass is 9.90. The molecule has 0 radical (unpaired) electrons. The highest BCUT2D eigenvalue weighted by Gasteiger charge is 2.29. The smallest absolute Gasteiger partial charge is 0.309 e. The average molecular weight is 308 g/mol. The fraction of sp³-hybridized carbons (Fsp3) is 0.375. The molecule has 0 bridgehead atoms. The molecule has 21 heavy (non-hydrogen) atoms. The maximum Gasteiger partial charge on any atom is 0.309 e. The summed E-state index contributed by atoms with van der Waals surface area (Å²) in [5.41, 5.74) is 1.07. The molecule has 2 N–H and O–H groups in total. The van der Waals surface area contributed by atoms with E-state index < -0.39 is 18.0 Å². The summed E-state index contributed by atoms with van der Waals surface area (Å²) < 4.78 is 0. The third-order valence-electron chi connectivity index (χ3n) is 3.63. The second-order valence-corrected chi connectivity index (χ2v) is 5.48. The van der Waals surface area contributed by atoms with Crippen LogP contribution in [0.15, 0.2) is 30.5 Å². The Hall–Kier alpha value is -1.65. The molecule has 0 amide bonds. The molecule has 2 atom stereocenters. The second kappa shape index (κ2) is 6.87. The first-order valence-electron chi connectivity index (χ1n) is 7.00. The van der Waals surface area contributed by atoms with Gasteiger partial charge in [-0.2, -0.15) is 0 Å². The van der Waals surface area contributed by atoms with E-state index in [1.165, 1.54) is 0 Å². The fourth-order valence-electron chi connectivity index (χ4n) is 2.46. The summed E-state index contributed by atoms with van der Waals surface area (Å²) in [7, 11) is 0. The van der Waals surface area contributed by atoms with Crippen LogP contribution in [0.1, 0.15) is 37.9 Å². The number of carboxylic acids is 1. The number of benzene rings is 1. The zero-order valence-electron chi connectivity index (χ0n) is 11.8. The summed E-state index contributed by atoms with van der Waals surface area (Å²) in [6.45, 7) is 1.99. The Morgan fingerprint density at radius 2 is 2.14 bits per heavy atom. The summed E-state index contributed by atoms with van der Waals surface area (Å²) >= 11 is 6.12. The van der Waals surface area contributed by atoms with Crippen molar-refractivity contribution in [3.05, 3.63) is 41.0 Å². The van der Waals surface area contributed by atoms with E-state index in [-0.39, 0.29) is 0 Å². The molecule has 0 aliphatic heterocycles. The molecule has 112 valence electrons. The normalized spacial score (nSPS) is 14.0. The van der Waals surface area contributed by atoms with Crippen molar-refractivity contribution in [3.8, 4) is 0 Å². The average Bonchev–Trinajstić information content (AvgIpc) is 2.48. The maximum atomic E-state index is 11.4. The van der Waals surface area contributed by atoms with Crippen molar-refractivity contribution in [2.24, 2.45) is 5.92 Å². The lowest BCUT2D eigenvalue weighted by Gasteiger charge is -2.20. The van der Waals surface area contributed by atoms with Crippen molar-refractivity contribution in [2.75, 3.05) is 0 Å². The van der Waals surface area contributed by atoms with E-state index in [9.17, 15) is 15.0 Å². The van der Waals surface area contributed by atoms with Gasteiger partial charge in [0, 0.05) is 22.2 Å². The Balaban J connectivity index is 2.44. The van der Waals surface area contributed by atoms with Gasteiger partial charge in [0.15, 0.2) is 0 Å². The standard InChI is InChI=1S/C16H18ClNO3/c1-2-3-5-12(16(20)21)15(19)11-7-8-13(17)10-6-4-9-18-14(10)11/h4,6-9,12,15,19H,2-3,5H2,1H3,(H,20,21). The van der Waals surface area contributed by atoms with E-state index in [0.717, 1.165) is 18.2 Å². The van der Waals surface area contributed by atoms with Crippen LogP contribution in [0, 0.1) is 5.92 Å². The highest BCUT2D eigenvalue weighted by atomic mass is 35.5. The third kappa shape index (κ3) is 3.34. The molecule has 0 saturated heterocycles. The van der Waals surface area contributed by atoms with Crippen LogP contribution in [-0.2, 0) is 4.79 Å². The van der Waals surface area contributed by atoms with Gasteiger partial charge in [0.1, 0.15) is 0 Å². The van der Waals surface area contributed by atoms with E-state index in [4.69, 9.17) is 11.6 Å².